The van der Waals surface area contributed by atoms with E-state index in [1.54, 1.807) is 12.4 Å². The average Bonchev–Trinajstić information content (AvgIpc) is 2.48. The Hall–Kier alpha value is -2.01. The molecule has 1 saturated heterocycles. The Labute approximate surface area is 111 Å². The Morgan fingerprint density at radius 1 is 1.26 bits per heavy atom. The van der Waals surface area contributed by atoms with Crippen molar-refractivity contribution in [3.63, 3.8) is 0 Å². The monoisotopic (exact) mass is 256 g/mol. The predicted octanol–water partition coefficient (Wildman–Crippen LogP) is 1.30. The van der Waals surface area contributed by atoms with Crippen molar-refractivity contribution in [1.29, 1.82) is 0 Å². The van der Waals surface area contributed by atoms with Gasteiger partial charge in [0.2, 0.25) is 0 Å². The van der Waals surface area contributed by atoms with Crippen molar-refractivity contribution < 1.29 is 0 Å². The first kappa shape index (κ1) is 12.0. The zero-order valence-corrected chi connectivity index (χ0v) is 10.6. The molecule has 1 aliphatic rings. The summed E-state index contributed by atoms with van der Waals surface area (Å²) in [5, 5.41) is 3.34. The van der Waals surface area contributed by atoms with Crippen LogP contribution in [0.15, 0.2) is 35.4 Å². The van der Waals surface area contributed by atoms with Gasteiger partial charge in [0, 0.05) is 36.5 Å². The van der Waals surface area contributed by atoms with Gasteiger partial charge < -0.3 is 10.3 Å². The molecule has 3 rings (SSSR count). The highest BCUT2D eigenvalue weighted by Gasteiger charge is 2.18. The van der Waals surface area contributed by atoms with Gasteiger partial charge in [-0.05, 0) is 31.5 Å². The maximum atomic E-state index is 11.8. The van der Waals surface area contributed by atoms with Crippen LogP contribution < -0.4 is 10.9 Å². The molecular weight excluding hydrogens is 240 g/mol. The van der Waals surface area contributed by atoms with Gasteiger partial charge >= 0.3 is 0 Å². The number of nitrogens with one attached hydrogen (secondary N) is 2. The summed E-state index contributed by atoms with van der Waals surface area (Å²) < 4.78 is 0. The average molecular weight is 256 g/mol. The number of nitrogens with zero attached hydrogens (tertiary/aromatic N) is 2. The van der Waals surface area contributed by atoms with E-state index >= 15 is 0 Å². The summed E-state index contributed by atoms with van der Waals surface area (Å²) in [6.45, 7) is 1.92. The van der Waals surface area contributed by atoms with Gasteiger partial charge in [0.25, 0.3) is 5.56 Å². The second-order valence-corrected chi connectivity index (χ2v) is 4.80. The number of rotatable bonds is 2. The number of aromatic amines is 1. The van der Waals surface area contributed by atoms with Gasteiger partial charge in [0.1, 0.15) is 5.82 Å². The van der Waals surface area contributed by atoms with Crippen LogP contribution in [0.25, 0.3) is 11.3 Å². The van der Waals surface area contributed by atoms with E-state index in [-0.39, 0.29) is 5.56 Å². The molecule has 3 heterocycles. The van der Waals surface area contributed by atoms with Crippen LogP contribution in [-0.2, 0) is 0 Å². The van der Waals surface area contributed by atoms with Crippen molar-refractivity contribution in [2.75, 3.05) is 13.1 Å². The molecule has 0 spiro atoms. The van der Waals surface area contributed by atoms with E-state index in [9.17, 15) is 4.79 Å². The van der Waals surface area contributed by atoms with E-state index in [2.05, 4.69) is 20.3 Å². The first-order valence-corrected chi connectivity index (χ1v) is 6.55. The van der Waals surface area contributed by atoms with E-state index in [1.165, 1.54) is 6.07 Å². The maximum Gasteiger partial charge on any atom is 0.251 e. The van der Waals surface area contributed by atoms with Gasteiger partial charge in [0.05, 0.1) is 5.69 Å². The van der Waals surface area contributed by atoms with E-state index in [1.807, 2.05) is 12.1 Å². The Kier molecular flexibility index (Phi) is 3.37. The highest BCUT2D eigenvalue weighted by molar-refractivity contribution is 5.57. The van der Waals surface area contributed by atoms with Crippen molar-refractivity contribution in [1.82, 2.24) is 20.3 Å². The number of aromatic nitrogens is 3. The highest BCUT2D eigenvalue weighted by Crippen LogP contribution is 2.21. The van der Waals surface area contributed by atoms with E-state index in [4.69, 9.17) is 0 Å². The fourth-order valence-corrected chi connectivity index (χ4v) is 2.43. The van der Waals surface area contributed by atoms with E-state index in [0.29, 0.717) is 11.6 Å². The van der Waals surface area contributed by atoms with Crippen LogP contribution in [0.3, 0.4) is 0 Å². The lowest BCUT2D eigenvalue weighted by Crippen LogP contribution is -2.30. The van der Waals surface area contributed by atoms with Crippen molar-refractivity contribution in [3.05, 3.63) is 46.8 Å². The van der Waals surface area contributed by atoms with Crippen LogP contribution in [0.2, 0.25) is 0 Å². The molecule has 0 saturated carbocycles. The number of hydrogen-bond acceptors (Lipinski definition) is 4. The van der Waals surface area contributed by atoms with E-state index in [0.717, 1.165) is 37.3 Å². The third-order valence-electron chi connectivity index (χ3n) is 3.42. The molecule has 5 nitrogen and oxygen atoms in total. The molecule has 98 valence electrons. The third kappa shape index (κ3) is 2.71. The summed E-state index contributed by atoms with van der Waals surface area (Å²) in [7, 11) is 0. The number of H-pyrrole nitrogens is 1. The standard InChI is InChI=1S/C14H16N4O/c19-13-8-12(10-3-6-15-7-4-10)17-14(18-13)11-2-1-5-16-9-11/h3-4,6-8,11,16H,1-2,5,9H2,(H,17,18,19)/t11-/m0/s1. The Morgan fingerprint density at radius 3 is 2.84 bits per heavy atom. The molecular formula is C14H16N4O. The largest absolute Gasteiger partial charge is 0.316 e. The summed E-state index contributed by atoms with van der Waals surface area (Å²) in [6.07, 6.45) is 5.60. The summed E-state index contributed by atoms with van der Waals surface area (Å²) in [5.41, 5.74) is 1.54. The smallest absolute Gasteiger partial charge is 0.251 e. The second kappa shape index (κ2) is 5.32. The summed E-state index contributed by atoms with van der Waals surface area (Å²) in [6, 6.07) is 5.27. The second-order valence-electron chi connectivity index (χ2n) is 4.80. The highest BCUT2D eigenvalue weighted by atomic mass is 16.1. The molecule has 0 radical (unpaired) electrons. The van der Waals surface area contributed by atoms with Gasteiger partial charge in [-0.25, -0.2) is 4.98 Å². The predicted molar refractivity (Wildman–Crippen MR) is 72.9 cm³/mol. The molecule has 2 aromatic rings. The minimum absolute atomic E-state index is 0.0950. The molecule has 0 amide bonds. The van der Waals surface area contributed by atoms with Crippen LogP contribution in [0, 0.1) is 0 Å². The zero-order chi connectivity index (χ0) is 13.1. The lowest BCUT2D eigenvalue weighted by atomic mass is 9.98. The molecule has 5 heteroatoms. The van der Waals surface area contributed by atoms with Gasteiger partial charge in [-0.2, -0.15) is 0 Å². The number of pyridine rings is 1. The van der Waals surface area contributed by atoms with Gasteiger partial charge in [-0.1, -0.05) is 0 Å². The SMILES string of the molecule is O=c1cc(-c2ccncc2)nc([C@H]2CCCNC2)[nH]1. The first-order chi connectivity index (χ1) is 9.33. The number of hydrogen-bond donors (Lipinski definition) is 2. The zero-order valence-electron chi connectivity index (χ0n) is 10.6. The van der Waals surface area contributed by atoms with Crippen LogP contribution in [-0.4, -0.2) is 28.0 Å². The van der Waals surface area contributed by atoms with Gasteiger partial charge in [-0.3, -0.25) is 9.78 Å². The fraction of sp³-hybridized carbons (Fsp3) is 0.357. The minimum Gasteiger partial charge on any atom is -0.316 e. The Morgan fingerprint density at radius 2 is 2.11 bits per heavy atom. The van der Waals surface area contributed by atoms with Crippen LogP contribution >= 0.6 is 0 Å². The normalized spacial score (nSPS) is 19.3. The summed E-state index contributed by atoms with van der Waals surface area (Å²) >= 11 is 0. The van der Waals surface area contributed by atoms with Crippen molar-refractivity contribution >= 4 is 0 Å². The lowest BCUT2D eigenvalue weighted by molar-refractivity contribution is 0.446. The van der Waals surface area contributed by atoms with Gasteiger partial charge in [-0.15, -0.1) is 0 Å². The lowest BCUT2D eigenvalue weighted by Gasteiger charge is -2.22. The van der Waals surface area contributed by atoms with E-state index < -0.39 is 0 Å². The summed E-state index contributed by atoms with van der Waals surface area (Å²) in [5.74, 6) is 1.08. The van der Waals surface area contributed by atoms with Crippen LogP contribution in [0.1, 0.15) is 24.6 Å². The minimum atomic E-state index is -0.0950. The van der Waals surface area contributed by atoms with Crippen LogP contribution in [0.4, 0.5) is 0 Å². The molecule has 0 bridgehead atoms. The van der Waals surface area contributed by atoms with Crippen molar-refractivity contribution in [2.24, 2.45) is 0 Å². The molecule has 2 aromatic heterocycles. The fourth-order valence-electron chi connectivity index (χ4n) is 2.43. The van der Waals surface area contributed by atoms with Crippen molar-refractivity contribution in [2.45, 2.75) is 18.8 Å². The third-order valence-corrected chi connectivity index (χ3v) is 3.42. The molecule has 0 unspecified atom stereocenters. The topological polar surface area (TPSA) is 70.7 Å². The quantitative estimate of drug-likeness (QED) is 0.849. The molecule has 19 heavy (non-hydrogen) atoms. The Bertz CT molecular complexity index is 602. The maximum absolute atomic E-state index is 11.8. The number of piperidine rings is 1. The van der Waals surface area contributed by atoms with Crippen LogP contribution in [0.5, 0.6) is 0 Å². The molecule has 2 N–H and O–H groups in total. The van der Waals surface area contributed by atoms with Crippen molar-refractivity contribution in [3.8, 4) is 11.3 Å². The molecule has 0 aromatic carbocycles. The molecule has 0 aliphatic carbocycles. The molecule has 1 atom stereocenters. The Balaban J connectivity index is 1.98. The van der Waals surface area contributed by atoms with Gasteiger partial charge in [0.15, 0.2) is 0 Å². The molecule has 1 fully saturated rings. The summed E-state index contributed by atoms with van der Waals surface area (Å²) in [4.78, 5) is 23.2. The molecule has 1 aliphatic heterocycles. The first-order valence-electron chi connectivity index (χ1n) is 6.55.